The van der Waals surface area contributed by atoms with Gasteiger partial charge in [0, 0.05) is 19.4 Å². The van der Waals surface area contributed by atoms with Crippen LogP contribution in [-0.2, 0) is 29.4 Å². The topological polar surface area (TPSA) is 160 Å². The molecule has 0 aliphatic carbocycles. The summed E-state index contributed by atoms with van der Waals surface area (Å²) < 4.78 is 36.7. The van der Waals surface area contributed by atoms with Gasteiger partial charge in [-0.2, -0.15) is 0 Å². The van der Waals surface area contributed by atoms with Crippen LogP contribution in [0, 0.1) is 0 Å². The van der Waals surface area contributed by atoms with Crippen LogP contribution >= 0.6 is 7.60 Å². The van der Waals surface area contributed by atoms with Crippen LogP contribution in [0.1, 0.15) is 31.9 Å². The molecular weight excluding hydrogens is 421 g/mol. The van der Waals surface area contributed by atoms with E-state index in [2.05, 4.69) is 15.3 Å². The molecule has 1 aliphatic heterocycles. The summed E-state index contributed by atoms with van der Waals surface area (Å²) in [5.74, 6) is 0. The lowest BCUT2D eigenvalue weighted by Gasteiger charge is -2.19. The SMILES string of the molecule is CCOP(=O)(Cn1cc([C@H]2O[C@@H](n3ccc(=O)[nH]c3=O)C(OC)C2O)nn1)OCC. The third-order valence-corrected chi connectivity index (χ3v) is 6.37. The molecule has 1 aliphatic rings. The minimum absolute atomic E-state index is 0.166. The number of H-pyrrole nitrogens is 1. The largest absolute Gasteiger partial charge is 0.387 e. The molecule has 13 nitrogen and oxygen atoms in total. The molecule has 0 aromatic carbocycles. The zero-order valence-corrected chi connectivity index (χ0v) is 17.6. The van der Waals surface area contributed by atoms with Crippen molar-refractivity contribution in [3.63, 3.8) is 0 Å². The van der Waals surface area contributed by atoms with E-state index in [1.165, 1.54) is 24.2 Å². The number of aromatic amines is 1. The van der Waals surface area contributed by atoms with E-state index in [-0.39, 0.29) is 25.2 Å². The molecule has 2 aromatic rings. The van der Waals surface area contributed by atoms with Gasteiger partial charge in [0.05, 0.1) is 19.4 Å². The second-order valence-corrected chi connectivity index (χ2v) is 8.45. The van der Waals surface area contributed by atoms with Gasteiger partial charge in [-0.15, -0.1) is 5.10 Å². The Morgan fingerprint density at radius 2 is 2.00 bits per heavy atom. The molecule has 2 N–H and O–H groups in total. The minimum Gasteiger partial charge on any atom is -0.387 e. The van der Waals surface area contributed by atoms with Crippen LogP contribution in [0.25, 0.3) is 0 Å². The van der Waals surface area contributed by atoms with Crippen LogP contribution in [0.4, 0.5) is 0 Å². The summed E-state index contributed by atoms with van der Waals surface area (Å²) in [4.78, 5) is 25.6. The molecule has 2 aromatic heterocycles. The molecule has 0 bridgehead atoms. The van der Waals surface area contributed by atoms with E-state index in [9.17, 15) is 19.3 Å². The Kier molecular flexibility index (Phi) is 7.01. The molecule has 1 fully saturated rings. The van der Waals surface area contributed by atoms with Gasteiger partial charge >= 0.3 is 13.3 Å². The Balaban J connectivity index is 1.83. The van der Waals surface area contributed by atoms with Gasteiger partial charge in [0.2, 0.25) is 0 Å². The molecule has 0 saturated carbocycles. The molecule has 166 valence electrons. The molecule has 0 radical (unpaired) electrons. The van der Waals surface area contributed by atoms with Gasteiger partial charge in [-0.3, -0.25) is 18.9 Å². The Hall–Kier alpha value is -2.15. The van der Waals surface area contributed by atoms with Crippen LogP contribution in [0.2, 0.25) is 0 Å². The molecule has 3 heterocycles. The lowest BCUT2D eigenvalue weighted by Crippen LogP contribution is -2.38. The van der Waals surface area contributed by atoms with Crippen molar-refractivity contribution in [1.29, 1.82) is 0 Å². The second kappa shape index (κ2) is 9.33. The first kappa shape index (κ1) is 22.5. The van der Waals surface area contributed by atoms with Crippen LogP contribution < -0.4 is 11.2 Å². The van der Waals surface area contributed by atoms with Crippen molar-refractivity contribution in [2.45, 2.75) is 44.7 Å². The quantitative estimate of drug-likeness (QED) is 0.503. The average molecular weight is 445 g/mol. The number of ether oxygens (including phenoxy) is 2. The van der Waals surface area contributed by atoms with Gasteiger partial charge < -0.3 is 23.6 Å². The number of hydrogen-bond donors (Lipinski definition) is 2. The van der Waals surface area contributed by atoms with Crippen LogP contribution in [0.3, 0.4) is 0 Å². The van der Waals surface area contributed by atoms with Crippen molar-refractivity contribution in [2.75, 3.05) is 20.3 Å². The number of aliphatic hydroxyl groups excluding tert-OH is 1. The van der Waals surface area contributed by atoms with Crippen molar-refractivity contribution >= 4 is 7.60 Å². The molecule has 1 saturated heterocycles. The summed E-state index contributed by atoms with van der Waals surface area (Å²) in [6, 6.07) is 1.16. The number of nitrogens with one attached hydrogen (secondary N) is 1. The zero-order valence-electron chi connectivity index (χ0n) is 16.7. The molecule has 0 amide bonds. The van der Waals surface area contributed by atoms with Crippen LogP contribution in [-0.4, -0.2) is 62.2 Å². The smallest absolute Gasteiger partial charge is 0.351 e. The molecule has 2 unspecified atom stereocenters. The second-order valence-electron chi connectivity index (χ2n) is 6.43. The Morgan fingerprint density at radius 3 is 2.60 bits per heavy atom. The maximum Gasteiger partial charge on any atom is 0.351 e. The summed E-state index contributed by atoms with van der Waals surface area (Å²) >= 11 is 0. The van der Waals surface area contributed by atoms with E-state index in [0.29, 0.717) is 0 Å². The van der Waals surface area contributed by atoms with Crippen molar-refractivity contribution in [3.05, 3.63) is 45.0 Å². The first-order chi connectivity index (χ1) is 14.3. The lowest BCUT2D eigenvalue weighted by atomic mass is 10.1. The summed E-state index contributed by atoms with van der Waals surface area (Å²) in [6.07, 6.45) is -1.56. The predicted molar refractivity (Wildman–Crippen MR) is 102 cm³/mol. The van der Waals surface area contributed by atoms with Crippen molar-refractivity contribution in [3.8, 4) is 0 Å². The van der Waals surface area contributed by atoms with Gasteiger partial charge in [-0.05, 0) is 13.8 Å². The fraction of sp³-hybridized carbons (Fsp3) is 0.625. The Bertz CT molecular complexity index is 1010. The summed E-state index contributed by atoms with van der Waals surface area (Å²) in [5.41, 5.74) is -1.03. The molecular formula is C16H24N5O8P. The first-order valence-corrected chi connectivity index (χ1v) is 11.0. The highest BCUT2D eigenvalue weighted by atomic mass is 31.2. The first-order valence-electron chi connectivity index (χ1n) is 9.27. The third kappa shape index (κ3) is 4.61. The zero-order chi connectivity index (χ0) is 21.9. The van der Waals surface area contributed by atoms with E-state index in [4.69, 9.17) is 18.5 Å². The van der Waals surface area contributed by atoms with Crippen molar-refractivity contribution in [1.82, 2.24) is 24.5 Å². The number of aliphatic hydroxyl groups is 1. The molecule has 4 atom stereocenters. The average Bonchev–Trinajstić information content (AvgIpc) is 3.25. The van der Waals surface area contributed by atoms with E-state index in [0.717, 1.165) is 10.6 Å². The number of methoxy groups -OCH3 is 1. The normalized spacial score (nSPS) is 24.4. The van der Waals surface area contributed by atoms with Gasteiger partial charge in [0.25, 0.3) is 5.56 Å². The molecule has 14 heteroatoms. The van der Waals surface area contributed by atoms with E-state index >= 15 is 0 Å². The van der Waals surface area contributed by atoms with Gasteiger partial charge in [0.15, 0.2) is 6.23 Å². The van der Waals surface area contributed by atoms with Crippen molar-refractivity contribution < 1.29 is 28.2 Å². The maximum atomic E-state index is 12.7. The van der Waals surface area contributed by atoms with E-state index in [1.807, 2.05) is 0 Å². The van der Waals surface area contributed by atoms with Crippen LogP contribution in [0.15, 0.2) is 28.0 Å². The Morgan fingerprint density at radius 1 is 1.30 bits per heavy atom. The fourth-order valence-electron chi connectivity index (χ4n) is 3.20. The highest BCUT2D eigenvalue weighted by molar-refractivity contribution is 7.52. The third-order valence-electron chi connectivity index (χ3n) is 4.43. The number of rotatable bonds is 9. The number of nitrogens with zero attached hydrogens (tertiary/aromatic N) is 4. The van der Waals surface area contributed by atoms with E-state index in [1.54, 1.807) is 13.8 Å². The standard InChI is InChI=1S/C16H24N5O8P/c1-4-27-30(25,28-5-2)9-20-8-10(18-19-20)13-12(23)14(26-3)15(29-13)21-7-6-11(22)17-16(21)24/h6-8,12-15,23H,4-5,9H2,1-3H3,(H,17,22,24)/t12?,13-,14?,15-/m1/s1. The summed E-state index contributed by atoms with van der Waals surface area (Å²) in [7, 11) is -2.05. The van der Waals surface area contributed by atoms with Gasteiger partial charge in [0.1, 0.15) is 30.3 Å². The minimum atomic E-state index is -3.41. The fourth-order valence-corrected chi connectivity index (χ4v) is 4.72. The summed E-state index contributed by atoms with van der Waals surface area (Å²) in [6.45, 7) is 3.80. The maximum absolute atomic E-state index is 12.7. The lowest BCUT2D eigenvalue weighted by molar-refractivity contribution is -0.0551. The molecule has 3 rings (SSSR count). The predicted octanol–water partition coefficient (Wildman–Crippen LogP) is -0.00230. The number of hydrogen-bond acceptors (Lipinski definition) is 10. The van der Waals surface area contributed by atoms with Crippen molar-refractivity contribution in [2.24, 2.45) is 0 Å². The van der Waals surface area contributed by atoms with Gasteiger partial charge in [-0.1, -0.05) is 5.21 Å². The monoisotopic (exact) mass is 445 g/mol. The van der Waals surface area contributed by atoms with Gasteiger partial charge in [-0.25, -0.2) is 9.48 Å². The molecule has 0 spiro atoms. The van der Waals surface area contributed by atoms with Crippen LogP contribution in [0.5, 0.6) is 0 Å². The number of aromatic nitrogens is 5. The highest BCUT2D eigenvalue weighted by Crippen LogP contribution is 2.49. The van der Waals surface area contributed by atoms with E-state index < -0.39 is 43.4 Å². The highest BCUT2D eigenvalue weighted by Gasteiger charge is 2.47. The summed E-state index contributed by atoms with van der Waals surface area (Å²) in [5, 5.41) is 18.6. The Labute approximate surface area is 171 Å². The molecule has 30 heavy (non-hydrogen) atoms.